The summed E-state index contributed by atoms with van der Waals surface area (Å²) in [7, 11) is 1.68. The van der Waals surface area contributed by atoms with Gasteiger partial charge in [-0.15, -0.1) is 0 Å². The molecule has 1 N–H and O–H groups in total. The van der Waals surface area contributed by atoms with Crippen molar-refractivity contribution >= 4 is 23.2 Å². The van der Waals surface area contributed by atoms with Crippen LogP contribution in [-0.4, -0.2) is 28.1 Å². The summed E-state index contributed by atoms with van der Waals surface area (Å²) in [6.07, 6.45) is 0. The number of aromatic nitrogens is 3. The molecule has 24 heavy (non-hydrogen) atoms. The average Bonchev–Trinajstić information content (AvgIpc) is 3.09. The zero-order valence-electron chi connectivity index (χ0n) is 13.8. The number of hydrogen-bond acceptors (Lipinski definition) is 4. The molecule has 0 saturated carbocycles. The van der Waals surface area contributed by atoms with Crippen LogP contribution >= 0.6 is 11.6 Å². The number of hydrogen-bond donors (Lipinski definition) is 1. The number of H-pyrrole nitrogens is 1. The molecular weight excluding hydrogens is 328 g/mol. The van der Waals surface area contributed by atoms with Crippen LogP contribution in [0.1, 0.15) is 27.6 Å². The number of carbonyl (C=O) groups is 1. The number of aryl methyl sites for hydroxylation is 3. The van der Waals surface area contributed by atoms with E-state index >= 15 is 0 Å². The predicted molar refractivity (Wildman–Crippen MR) is 92.5 cm³/mol. The molecule has 0 aliphatic carbocycles. The van der Waals surface area contributed by atoms with Crippen molar-refractivity contribution in [2.75, 3.05) is 11.9 Å². The molecule has 0 fully saturated rings. The number of imidazole rings is 1. The molecule has 1 amide bonds. The molecule has 0 atom stereocenters. The molecule has 0 saturated heterocycles. The summed E-state index contributed by atoms with van der Waals surface area (Å²) >= 11 is 6.02. The molecule has 3 aromatic rings. The molecule has 0 spiro atoms. The van der Waals surface area contributed by atoms with Crippen LogP contribution in [0.3, 0.4) is 0 Å². The number of amides is 1. The lowest BCUT2D eigenvalue weighted by molar-refractivity contribution is 0.0987. The van der Waals surface area contributed by atoms with Crippen molar-refractivity contribution in [3.8, 4) is 11.4 Å². The van der Waals surface area contributed by atoms with Gasteiger partial charge in [-0.05, 0) is 32.9 Å². The van der Waals surface area contributed by atoms with Crippen LogP contribution in [0.5, 0.6) is 0 Å². The summed E-state index contributed by atoms with van der Waals surface area (Å²) in [5.41, 5.74) is 3.18. The standard InChI is InChI=1S/C17H17ClN4O2/c1-9-14(17(23)22(4)15-10(2)21-24-11(15)3)20-16(19-9)12-6-5-7-13(18)8-12/h5-8H,1-4H3,(H,19,20). The van der Waals surface area contributed by atoms with Crippen LogP contribution in [0.4, 0.5) is 5.69 Å². The fraction of sp³-hybridized carbons (Fsp3) is 0.235. The molecule has 1 aromatic carbocycles. The maximum Gasteiger partial charge on any atom is 0.278 e. The Hall–Kier alpha value is -2.60. The second-order valence-corrected chi connectivity index (χ2v) is 6.04. The van der Waals surface area contributed by atoms with Gasteiger partial charge in [0.15, 0.2) is 5.76 Å². The van der Waals surface area contributed by atoms with Gasteiger partial charge in [0.25, 0.3) is 5.91 Å². The lowest BCUT2D eigenvalue weighted by Crippen LogP contribution is -2.28. The Kier molecular flexibility index (Phi) is 4.15. The quantitative estimate of drug-likeness (QED) is 0.781. The van der Waals surface area contributed by atoms with Gasteiger partial charge >= 0.3 is 0 Å². The molecule has 7 heteroatoms. The Morgan fingerprint density at radius 2 is 2.04 bits per heavy atom. The summed E-state index contributed by atoms with van der Waals surface area (Å²) in [5.74, 6) is 0.962. The number of benzene rings is 1. The molecule has 0 unspecified atom stereocenters. The second kappa shape index (κ2) is 6.13. The van der Waals surface area contributed by atoms with Crippen molar-refractivity contribution in [2.45, 2.75) is 20.8 Å². The SMILES string of the molecule is Cc1noc(C)c1N(C)C(=O)c1nc(-c2cccc(Cl)c2)[nH]c1C. The van der Waals surface area contributed by atoms with E-state index in [2.05, 4.69) is 15.1 Å². The van der Waals surface area contributed by atoms with E-state index in [9.17, 15) is 4.79 Å². The molecule has 3 rings (SSSR count). The Labute approximate surface area is 144 Å². The van der Waals surface area contributed by atoms with E-state index in [4.69, 9.17) is 16.1 Å². The first-order valence-electron chi connectivity index (χ1n) is 7.42. The highest BCUT2D eigenvalue weighted by Gasteiger charge is 2.24. The molecule has 0 aliphatic heterocycles. The van der Waals surface area contributed by atoms with Crippen LogP contribution in [0.25, 0.3) is 11.4 Å². The van der Waals surface area contributed by atoms with Crippen molar-refractivity contribution in [1.29, 1.82) is 0 Å². The highest BCUT2D eigenvalue weighted by atomic mass is 35.5. The van der Waals surface area contributed by atoms with Gasteiger partial charge in [-0.1, -0.05) is 28.9 Å². The summed E-state index contributed by atoms with van der Waals surface area (Å²) < 4.78 is 5.13. The number of anilines is 1. The van der Waals surface area contributed by atoms with Crippen molar-refractivity contribution in [2.24, 2.45) is 0 Å². The van der Waals surface area contributed by atoms with Gasteiger partial charge in [-0.2, -0.15) is 0 Å². The fourth-order valence-electron chi connectivity index (χ4n) is 2.66. The van der Waals surface area contributed by atoms with Crippen molar-refractivity contribution in [1.82, 2.24) is 15.1 Å². The molecule has 0 radical (unpaired) electrons. The topological polar surface area (TPSA) is 75.0 Å². The van der Waals surface area contributed by atoms with E-state index < -0.39 is 0 Å². The van der Waals surface area contributed by atoms with Crippen molar-refractivity contribution in [3.05, 3.63) is 52.1 Å². The number of halogens is 1. The maximum atomic E-state index is 12.8. The molecule has 124 valence electrons. The molecule has 0 bridgehead atoms. The fourth-order valence-corrected chi connectivity index (χ4v) is 2.85. The maximum absolute atomic E-state index is 12.8. The summed E-state index contributed by atoms with van der Waals surface area (Å²) in [5, 5.41) is 4.50. The zero-order chi connectivity index (χ0) is 17.4. The van der Waals surface area contributed by atoms with Crippen LogP contribution in [-0.2, 0) is 0 Å². The van der Waals surface area contributed by atoms with Gasteiger partial charge in [0.05, 0.1) is 0 Å². The monoisotopic (exact) mass is 344 g/mol. The van der Waals surface area contributed by atoms with E-state index in [1.165, 1.54) is 4.90 Å². The predicted octanol–water partition coefficient (Wildman–Crippen LogP) is 3.92. The highest BCUT2D eigenvalue weighted by molar-refractivity contribution is 6.30. The number of nitrogens with one attached hydrogen (secondary N) is 1. The van der Waals surface area contributed by atoms with Gasteiger partial charge in [-0.3, -0.25) is 4.79 Å². The lowest BCUT2D eigenvalue weighted by atomic mass is 10.2. The van der Waals surface area contributed by atoms with E-state index in [-0.39, 0.29) is 5.91 Å². The molecule has 0 aliphatic rings. The Morgan fingerprint density at radius 1 is 1.29 bits per heavy atom. The van der Waals surface area contributed by atoms with Crippen LogP contribution in [0.2, 0.25) is 5.02 Å². The third-order valence-corrected chi connectivity index (χ3v) is 4.06. The van der Waals surface area contributed by atoms with Gasteiger partial charge in [-0.25, -0.2) is 4.98 Å². The third kappa shape index (κ3) is 2.80. The molecular formula is C17H17ClN4O2. The number of rotatable bonds is 3. The Morgan fingerprint density at radius 3 is 2.67 bits per heavy atom. The number of carbonyl (C=O) groups excluding carboxylic acids is 1. The van der Waals surface area contributed by atoms with E-state index in [0.29, 0.717) is 39.4 Å². The molecule has 2 aromatic heterocycles. The molecule has 6 nitrogen and oxygen atoms in total. The van der Waals surface area contributed by atoms with Crippen molar-refractivity contribution < 1.29 is 9.32 Å². The van der Waals surface area contributed by atoms with E-state index in [1.54, 1.807) is 33.0 Å². The summed E-state index contributed by atoms with van der Waals surface area (Å²) in [6, 6.07) is 7.31. The summed E-state index contributed by atoms with van der Waals surface area (Å²) in [4.78, 5) is 21.9. The van der Waals surface area contributed by atoms with E-state index in [1.807, 2.05) is 19.1 Å². The first kappa shape index (κ1) is 16.3. The minimum Gasteiger partial charge on any atom is -0.359 e. The minimum atomic E-state index is -0.230. The largest absolute Gasteiger partial charge is 0.359 e. The second-order valence-electron chi connectivity index (χ2n) is 5.61. The van der Waals surface area contributed by atoms with Gasteiger partial charge < -0.3 is 14.4 Å². The van der Waals surface area contributed by atoms with Crippen LogP contribution < -0.4 is 4.90 Å². The third-order valence-electron chi connectivity index (χ3n) is 3.82. The highest BCUT2D eigenvalue weighted by Crippen LogP contribution is 2.26. The average molecular weight is 345 g/mol. The first-order valence-corrected chi connectivity index (χ1v) is 7.79. The number of aromatic amines is 1. The van der Waals surface area contributed by atoms with Crippen LogP contribution in [0, 0.1) is 20.8 Å². The molecule has 2 heterocycles. The smallest absolute Gasteiger partial charge is 0.278 e. The Balaban J connectivity index is 1.97. The van der Waals surface area contributed by atoms with Crippen LogP contribution in [0.15, 0.2) is 28.8 Å². The zero-order valence-corrected chi connectivity index (χ0v) is 14.6. The minimum absolute atomic E-state index is 0.230. The van der Waals surface area contributed by atoms with Gasteiger partial charge in [0.2, 0.25) is 0 Å². The normalized spacial score (nSPS) is 10.9. The Bertz CT molecular complexity index is 894. The van der Waals surface area contributed by atoms with Crippen molar-refractivity contribution in [3.63, 3.8) is 0 Å². The van der Waals surface area contributed by atoms with E-state index in [0.717, 1.165) is 5.56 Å². The number of nitrogens with zero attached hydrogens (tertiary/aromatic N) is 3. The first-order chi connectivity index (χ1) is 11.4. The van der Waals surface area contributed by atoms with Gasteiger partial charge in [0.1, 0.15) is 22.9 Å². The lowest BCUT2D eigenvalue weighted by Gasteiger charge is -2.15. The summed E-state index contributed by atoms with van der Waals surface area (Å²) in [6.45, 7) is 5.38. The van der Waals surface area contributed by atoms with Gasteiger partial charge in [0, 0.05) is 23.3 Å².